The smallest absolute Gasteiger partial charge is 0.123 e. The zero-order valence-electron chi connectivity index (χ0n) is 12.4. The molecule has 0 bridgehead atoms. The topological polar surface area (TPSA) is 12.0 Å². The molecule has 3 heteroatoms. The Balaban J connectivity index is 2.17. The largest absolute Gasteiger partial charge is 0.314 e. The second-order valence-electron chi connectivity index (χ2n) is 5.65. The van der Waals surface area contributed by atoms with Crippen molar-refractivity contribution in [2.75, 3.05) is 6.54 Å². The third-order valence-electron chi connectivity index (χ3n) is 3.49. The van der Waals surface area contributed by atoms with Crippen LogP contribution in [0, 0.1) is 5.82 Å². The lowest BCUT2D eigenvalue weighted by Crippen LogP contribution is -2.29. The van der Waals surface area contributed by atoms with Crippen molar-refractivity contribution in [2.45, 2.75) is 32.2 Å². The monoisotopic (exact) mass is 305 g/mol. The van der Waals surface area contributed by atoms with E-state index in [1.165, 1.54) is 11.6 Å². The summed E-state index contributed by atoms with van der Waals surface area (Å²) in [6.45, 7) is 5.06. The molecule has 0 aromatic heterocycles. The fourth-order valence-electron chi connectivity index (χ4n) is 2.35. The lowest BCUT2D eigenvalue weighted by Gasteiger charge is -2.20. The van der Waals surface area contributed by atoms with Gasteiger partial charge in [0.2, 0.25) is 0 Å². The SMILES string of the molecule is CC(C)NCC(Cc1ccc(Cl)cc1)c1cccc(F)c1. The highest BCUT2D eigenvalue weighted by molar-refractivity contribution is 6.30. The normalized spacial score (nSPS) is 12.6. The minimum absolute atomic E-state index is 0.182. The average molecular weight is 306 g/mol. The first-order valence-corrected chi connectivity index (χ1v) is 7.65. The molecule has 1 atom stereocenters. The Morgan fingerprint density at radius 1 is 1.10 bits per heavy atom. The maximum absolute atomic E-state index is 13.5. The van der Waals surface area contributed by atoms with Crippen LogP contribution in [0.3, 0.4) is 0 Å². The van der Waals surface area contributed by atoms with Gasteiger partial charge in [0, 0.05) is 23.5 Å². The lowest BCUT2D eigenvalue weighted by atomic mass is 9.91. The Hall–Kier alpha value is -1.38. The molecule has 0 saturated heterocycles. The first-order valence-electron chi connectivity index (χ1n) is 7.28. The number of hydrogen-bond acceptors (Lipinski definition) is 1. The van der Waals surface area contributed by atoms with Crippen molar-refractivity contribution in [1.82, 2.24) is 5.32 Å². The number of halogens is 2. The molecular weight excluding hydrogens is 285 g/mol. The van der Waals surface area contributed by atoms with Gasteiger partial charge in [0.25, 0.3) is 0 Å². The van der Waals surface area contributed by atoms with Crippen molar-refractivity contribution in [2.24, 2.45) is 0 Å². The molecule has 0 heterocycles. The van der Waals surface area contributed by atoms with Crippen LogP contribution in [0.15, 0.2) is 48.5 Å². The summed E-state index contributed by atoms with van der Waals surface area (Å²) in [5, 5.41) is 4.18. The molecule has 0 aliphatic rings. The van der Waals surface area contributed by atoms with E-state index in [2.05, 4.69) is 19.2 Å². The van der Waals surface area contributed by atoms with Crippen molar-refractivity contribution in [3.63, 3.8) is 0 Å². The third kappa shape index (κ3) is 5.14. The summed E-state index contributed by atoms with van der Waals surface area (Å²) in [6.07, 6.45) is 0.861. The van der Waals surface area contributed by atoms with Gasteiger partial charge in [0.05, 0.1) is 0 Å². The Morgan fingerprint density at radius 3 is 2.43 bits per heavy atom. The van der Waals surface area contributed by atoms with Crippen molar-refractivity contribution < 1.29 is 4.39 Å². The molecule has 1 N–H and O–H groups in total. The number of benzene rings is 2. The summed E-state index contributed by atoms with van der Waals surface area (Å²) in [5.74, 6) is 0.0578. The molecule has 0 aliphatic heterocycles. The summed E-state index contributed by atoms with van der Waals surface area (Å²) in [5.41, 5.74) is 2.23. The van der Waals surface area contributed by atoms with Crippen molar-refractivity contribution >= 4 is 11.6 Å². The predicted octanol–water partition coefficient (Wildman–Crippen LogP) is 4.80. The highest BCUT2D eigenvalue weighted by Gasteiger charge is 2.13. The van der Waals surface area contributed by atoms with Crippen LogP contribution in [0.4, 0.5) is 4.39 Å². The molecule has 0 saturated carbocycles. The first-order chi connectivity index (χ1) is 10.0. The van der Waals surface area contributed by atoms with Crippen molar-refractivity contribution in [3.05, 3.63) is 70.5 Å². The lowest BCUT2D eigenvalue weighted by molar-refractivity contribution is 0.524. The van der Waals surface area contributed by atoms with E-state index in [0.29, 0.717) is 6.04 Å². The van der Waals surface area contributed by atoms with Gasteiger partial charge in [-0.25, -0.2) is 4.39 Å². The van der Waals surface area contributed by atoms with Gasteiger partial charge in [-0.15, -0.1) is 0 Å². The quantitative estimate of drug-likeness (QED) is 0.808. The molecule has 0 aliphatic carbocycles. The second kappa shape index (κ2) is 7.58. The average Bonchev–Trinajstić information content (AvgIpc) is 2.45. The van der Waals surface area contributed by atoms with Gasteiger partial charge in [-0.3, -0.25) is 0 Å². The molecule has 112 valence electrons. The Kier molecular flexibility index (Phi) is 5.77. The zero-order valence-corrected chi connectivity index (χ0v) is 13.2. The van der Waals surface area contributed by atoms with Crippen LogP contribution in [-0.2, 0) is 6.42 Å². The van der Waals surface area contributed by atoms with Gasteiger partial charge >= 0.3 is 0 Å². The van der Waals surface area contributed by atoms with Gasteiger partial charge in [0.15, 0.2) is 0 Å². The molecule has 21 heavy (non-hydrogen) atoms. The van der Waals surface area contributed by atoms with Crippen LogP contribution in [0.5, 0.6) is 0 Å². The molecule has 0 radical (unpaired) electrons. The summed E-state index contributed by atoms with van der Waals surface area (Å²) in [7, 11) is 0. The highest BCUT2D eigenvalue weighted by atomic mass is 35.5. The van der Waals surface area contributed by atoms with Crippen LogP contribution >= 0.6 is 11.6 Å². The summed E-state index contributed by atoms with van der Waals surface area (Å²) >= 11 is 5.93. The maximum Gasteiger partial charge on any atom is 0.123 e. The first kappa shape index (κ1) is 16.0. The van der Waals surface area contributed by atoms with Gasteiger partial charge in [-0.05, 0) is 41.8 Å². The van der Waals surface area contributed by atoms with Crippen LogP contribution < -0.4 is 5.32 Å². The van der Waals surface area contributed by atoms with Gasteiger partial charge in [0.1, 0.15) is 5.82 Å². The van der Waals surface area contributed by atoms with E-state index < -0.39 is 0 Å². The van der Waals surface area contributed by atoms with E-state index in [0.717, 1.165) is 23.6 Å². The van der Waals surface area contributed by atoms with E-state index in [4.69, 9.17) is 11.6 Å². The standard InChI is InChI=1S/C18H21ClFN/c1-13(2)21-12-16(15-4-3-5-18(20)11-15)10-14-6-8-17(19)9-7-14/h3-9,11,13,16,21H,10,12H2,1-2H3. The maximum atomic E-state index is 13.5. The summed E-state index contributed by atoms with van der Waals surface area (Å²) < 4.78 is 13.5. The van der Waals surface area contributed by atoms with Crippen molar-refractivity contribution in [3.8, 4) is 0 Å². The van der Waals surface area contributed by atoms with E-state index >= 15 is 0 Å². The van der Waals surface area contributed by atoms with Crippen LogP contribution in [0.1, 0.15) is 30.9 Å². The highest BCUT2D eigenvalue weighted by Crippen LogP contribution is 2.22. The summed E-state index contributed by atoms with van der Waals surface area (Å²) in [4.78, 5) is 0. The Labute approximate surface area is 131 Å². The number of nitrogens with one attached hydrogen (secondary N) is 1. The molecule has 0 spiro atoms. The molecule has 2 rings (SSSR count). The molecule has 2 aromatic rings. The molecule has 0 amide bonds. The summed E-state index contributed by atoms with van der Waals surface area (Å²) in [6, 6.07) is 15.1. The fourth-order valence-corrected chi connectivity index (χ4v) is 2.48. The molecular formula is C18H21ClFN. The zero-order chi connectivity index (χ0) is 15.2. The third-order valence-corrected chi connectivity index (χ3v) is 3.74. The fraction of sp³-hybridized carbons (Fsp3) is 0.333. The van der Waals surface area contributed by atoms with Crippen LogP contribution in [0.2, 0.25) is 5.02 Å². The molecule has 1 unspecified atom stereocenters. The minimum Gasteiger partial charge on any atom is -0.314 e. The van der Waals surface area contributed by atoms with Gasteiger partial charge in [-0.2, -0.15) is 0 Å². The van der Waals surface area contributed by atoms with E-state index in [9.17, 15) is 4.39 Å². The Morgan fingerprint density at radius 2 is 1.81 bits per heavy atom. The molecule has 0 fully saturated rings. The minimum atomic E-state index is -0.182. The van der Waals surface area contributed by atoms with Crippen molar-refractivity contribution in [1.29, 1.82) is 0 Å². The number of rotatable bonds is 6. The van der Waals surface area contributed by atoms with E-state index in [1.807, 2.05) is 30.3 Å². The van der Waals surface area contributed by atoms with E-state index in [1.54, 1.807) is 12.1 Å². The van der Waals surface area contributed by atoms with Crippen LogP contribution in [-0.4, -0.2) is 12.6 Å². The molecule has 1 nitrogen and oxygen atoms in total. The van der Waals surface area contributed by atoms with Gasteiger partial charge in [-0.1, -0.05) is 49.7 Å². The van der Waals surface area contributed by atoms with E-state index in [-0.39, 0.29) is 11.7 Å². The number of hydrogen-bond donors (Lipinski definition) is 1. The second-order valence-corrected chi connectivity index (χ2v) is 6.08. The Bertz CT molecular complexity index is 566. The predicted molar refractivity (Wildman–Crippen MR) is 87.4 cm³/mol. The molecule has 2 aromatic carbocycles. The van der Waals surface area contributed by atoms with Gasteiger partial charge < -0.3 is 5.32 Å². The van der Waals surface area contributed by atoms with Crippen LogP contribution in [0.25, 0.3) is 0 Å².